The Hall–Kier alpha value is -2.84. The van der Waals surface area contributed by atoms with Gasteiger partial charge < -0.3 is 19.8 Å². The number of furan rings is 1. The summed E-state index contributed by atoms with van der Waals surface area (Å²) in [6.07, 6.45) is 1.75. The molecule has 8 nitrogen and oxygen atoms in total. The van der Waals surface area contributed by atoms with Gasteiger partial charge in [-0.05, 0) is 36.8 Å². The van der Waals surface area contributed by atoms with Gasteiger partial charge in [-0.15, -0.1) is 0 Å². The third kappa shape index (κ3) is 6.33. The minimum atomic E-state index is -0.0855. The second kappa shape index (κ2) is 10.1. The van der Waals surface area contributed by atoms with Crippen LogP contribution in [0, 0.1) is 0 Å². The minimum Gasteiger partial charge on any atom is -0.467 e. The lowest BCUT2D eigenvalue weighted by molar-refractivity contribution is -0.116. The van der Waals surface area contributed by atoms with Crippen molar-refractivity contribution in [2.45, 2.75) is 19.9 Å². The molecule has 0 amide bonds. The van der Waals surface area contributed by atoms with E-state index in [0.29, 0.717) is 34.7 Å². The molecule has 0 saturated heterocycles. The molecule has 2 heterocycles. The lowest BCUT2D eigenvalue weighted by atomic mass is 10.1. The molecule has 0 saturated carbocycles. The number of carbonyl (C=O) groups excluding carboxylic acids is 1. The van der Waals surface area contributed by atoms with Crippen molar-refractivity contribution in [3.8, 4) is 6.01 Å². The van der Waals surface area contributed by atoms with Crippen LogP contribution in [0.2, 0.25) is 10.0 Å². The Kier molecular flexibility index (Phi) is 7.26. The first-order chi connectivity index (χ1) is 14.0. The van der Waals surface area contributed by atoms with Crippen molar-refractivity contribution in [1.82, 2.24) is 15.0 Å². The number of halogens is 2. The fourth-order valence-corrected chi connectivity index (χ4v) is 2.88. The van der Waals surface area contributed by atoms with Crippen molar-refractivity contribution in [2.75, 3.05) is 23.8 Å². The number of anilines is 2. The summed E-state index contributed by atoms with van der Waals surface area (Å²) in [7, 11) is 0. The molecule has 0 aliphatic heterocycles. The Morgan fingerprint density at radius 2 is 1.93 bits per heavy atom. The van der Waals surface area contributed by atoms with E-state index in [-0.39, 0.29) is 30.7 Å². The van der Waals surface area contributed by atoms with Gasteiger partial charge in [0, 0.05) is 16.5 Å². The number of carbonyl (C=O) groups is 1. The first-order valence-corrected chi connectivity index (χ1v) is 9.63. The predicted molar refractivity (Wildman–Crippen MR) is 111 cm³/mol. The smallest absolute Gasteiger partial charge is 0.323 e. The van der Waals surface area contributed by atoms with E-state index < -0.39 is 0 Å². The number of benzene rings is 1. The van der Waals surface area contributed by atoms with Crippen LogP contribution in [0.25, 0.3) is 0 Å². The van der Waals surface area contributed by atoms with E-state index >= 15 is 0 Å². The van der Waals surface area contributed by atoms with Crippen molar-refractivity contribution in [2.24, 2.45) is 0 Å². The fourth-order valence-electron chi connectivity index (χ4n) is 2.41. The largest absolute Gasteiger partial charge is 0.467 e. The molecule has 3 rings (SSSR count). The monoisotopic (exact) mass is 435 g/mol. The molecule has 0 unspecified atom stereocenters. The minimum absolute atomic E-state index is 0.0200. The van der Waals surface area contributed by atoms with Gasteiger partial charge in [-0.1, -0.05) is 29.3 Å². The van der Waals surface area contributed by atoms with E-state index in [4.69, 9.17) is 32.4 Å². The third-order valence-electron chi connectivity index (χ3n) is 3.74. The second-order valence-corrected chi connectivity index (χ2v) is 6.78. The number of rotatable bonds is 10. The summed E-state index contributed by atoms with van der Waals surface area (Å²) < 4.78 is 10.6. The molecule has 0 fully saturated rings. The Balaban J connectivity index is 1.62. The number of ether oxygens (including phenoxy) is 1. The number of Topliss-reactive ketones (excluding diaryl/α,β-unsaturated/α-hetero) is 1. The molecule has 1 aromatic carbocycles. The van der Waals surface area contributed by atoms with Crippen LogP contribution < -0.4 is 15.4 Å². The topological polar surface area (TPSA) is 102 Å². The summed E-state index contributed by atoms with van der Waals surface area (Å²) in [6, 6.07) is 8.81. The van der Waals surface area contributed by atoms with E-state index in [0.717, 1.165) is 5.76 Å². The Morgan fingerprint density at radius 1 is 1.14 bits per heavy atom. The normalized spacial score (nSPS) is 10.6. The molecule has 2 N–H and O–H groups in total. The quantitative estimate of drug-likeness (QED) is 0.492. The Morgan fingerprint density at radius 3 is 2.62 bits per heavy atom. The van der Waals surface area contributed by atoms with Crippen LogP contribution in [0.3, 0.4) is 0 Å². The highest BCUT2D eigenvalue weighted by atomic mass is 35.5. The SMILES string of the molecule is CCOc1nc(NCC(=O)Cc2ccc(Cl)cc2Cl)nc(NCc2ccco2)n1. The standard InChI is InChI=1S/C19H19Cl2N5O3/c1-2-28-19-25-17(24-18(26-19)23-11-15-4-3-7-29-15)22-10-14(27)8-12-5-6-13(20)9-16(12)21/h3-7,9H,2,8,10-11H2,1H3,(H2,22,23,24,25,26). The van der Waals surface area contributed by atoms with Crippen LogP contribution in [-0.4, -0.2) is 33.9 Å². The maximum atomic E-state index is 12.3. The summed E-state index contributed by atoms with van der Waals surface area (Å²) in [6.45, 7) is 2.64. The van der Waals surface area contributed by atoms with Crippen LogP contribution in [0.4, 0.5) is 11.9 Å². The molecular formula is C19H19Cl2N5O3. The zero-order valence-corrected chi connectivity index (χ0v) is 17.1. The van der Waals surface area contributed by atoms with Crippen molar-refractivity contribution < 1.29 is 13.9 Å². The maximum Gasteiger partial charge on any atom is 0.323 e. The lowest BCUT2D eigenvalue weighted by Gasteiger charge is -2.10. The highest BCUT2D eigenvalue weighted by molar-refractivity contribution is 6.35. The number of nitrogens with one attached hydrogen (secondary N) is 2. The Bertz CT molecular complexity index is 966. The molecule has 0 bridgehead atoms. The van der Waals surface area contributed by atoms with Crippen molar-refractivity contribution in [3.63, 3.8) is 0 Å². The van der Waals surface area contributed by atoms with Gasteiger partial charge in [-0.2, -0.15) is 15.0 Å². The first kappa shape index (κ1) is 20.9. The summed E-state index contributed by atoms with van der Waals surface area (Å²) in [4.78, 5) is 24.9. The number of hydrogen-bond donors (Lipinski definition) is 2. The van der Waals surface area contributed by atoms with Gasteiger partial charge in [-0.25, -0.2) is 0 Å². The average molecular weight is 436 g/mol. The van der Waals surface area contributed by atoms with Crippen molar-refractivity contribution in [1.29, 1.82) is 0 Å². The molecule has 10 heteroatoms. The molecule has 0 aliphatic carbocycles. The van der Waals surface area contributed by atoms with Gasteiger partial charge in [0.05, 0.1) is 26.0 Å². The van der Waals surface area contributed by atoms with Crippen LogP contribution in [0.1, 0.15) is 18.2 Å². The van der Waals surface area contributed by atoms with Crippen LogP contribution >= 0.6 is 23.2 Å². The van der Waals surface area contributed by atoms with Gasteiger partial charge in [0.15, 0.2) is 5.78 Å². The van der Waals surface area contributed by atoms with Gasteiger partial charge >= 0.3 is 6.01 Å². The molecule has 0 radical (unpaired) electrons. The van der Waals surface area contributed by atoms with Crippen molar-refractivity contribution >= 4 is 40.9 Å². The predicted octanol–water partition coefficient (Wildman–Crippen LogP) is 4.01. The van der Waals surface area contributed by atoms with E-state index in [2.05, 4.69) is 25.6 Å². The Labute approximate surface area is 177 Å². The van der Waals surface area contributed by atoms with Gasteiger partial charge in [0.25, 0.3) is 0 Å². The van der Waals surface area contributed by atoms with E-state index in [1.165, 1.54) is 0 Å². The molecule has 0 spiro atoms. The molecule has 152 valence electrons. The van der Waals surface area contributed by atoms with Crippen LogP contribution in [-0.2, 0) is 17.8 Å². The zero-order chi connectivity index (χ0) is 20.6. The molecule has 29 heavy (non-hydrogen) atoms. The molecule has 0 aliphatic rings. The number of ketones is 1. The van der Waals surface area contributed by atoms with Gasteiger partial charge in [-0.3, -0.25) is 4.79 Å². The number of nitrogens with zero attached hydrogens (tertiary/aromatic N) is 3. The number of aromatic nitrogens is 3. The second-order valence-electron chi connectivity index (χ2n) is 5.94. The maximum absolute atomic E-state index is 12.3. The molecule has 3 aromatic rings. The average Bonchev–Trinajstić information content (AvgIpc) is 3.21. The summed E-state index contributed by atoms with van der Waals surface area (Å²) >= 11 is 12.0. The van der Waals surface area contributed by atoms with Crippen molar-refractivity contribution in [3.05, 3.63) is 58.0 Å². The third-order valence-corrected chi connectivity index (χ3v) is 4.32. The summed E-state index contributed by atoms with van der Waals surface area (Å²) in [5.74, 6) is 1.17. The van der Waals surface area contributed by atoms with Crippen LogP contribution in [0.5, 0.6) is 6.01 Å². The summed E-state index contributed by atoms with van der Waals surface area (Å²) in [5, 5.41) is 6.91. The van der Waals surface area contributed by atoms with E-state index in [1.54, 1.807) is 30.5 Å². The lowest BCUT2D eigenvalue weighted by Crippen LogP contribution is -2.18. The van der Waals surface area contributed by atoms with E-state index in [9.17, 15) is 4.79 Å². The summed E-state index contributed by atoms with van der Waals surface area (Å²) in [5.41, 5.74) is 0.703. The van der Waals surface area contributed by atoms with E-state index in [1.807, 2.05) is 13.0 Å². The zero-order valence-electron chi connectivity index (χ0n) is 15.6. The highest BCUT2D eigenvalue weighted by Crippen LogP contribution is 2.21. The van der Waals surface area contributed by atoms with Gasteiger partial charge in [0.2, 0.25) is 11.9 Å². The molecule has 0 atom stereocenters. The van der Waals surface area contributed by atoms with Crippen LogP contribution in [0.15, 0.2) is 41.0 Å². The number of hydrogen-bond acceptors (Lipinski definition) is 8. The molecular weight excluding hydrogens is 417 g/mol. The first-order valence-electron chi connectivity index (χ1n) is 8.88. The fraction of sp³-hybridized carbons (Fsp3) is 0.263. The van der Waals surface area contributed by atoms with Gasteiger partial charge in [0.1, 0.15) is 5.76 Å². The highest BCUT2D eigenvalue weighted by Gasteiger charge is 2.11. The molecule has 2 aromatic heterocycles.